The third-order valence-corrected chi connectivity index (χ3v) is 0. The van der Waals surface area contributed by atoms with E-state index >= 15 is 0 Å². The Kier molecular flexibility index (Phi) is 134. The molecule has 0 radical (unpaired) electrons. The SMILES string of the molecule is O=P([O-])(O)O.O=P([O-])([O-])[O-].O=S(=O)([O-])[O-].[Cl-].[Cl-].[K+].[K+].[Mg+2].[Na+].[Na+].[Na+].[Na+]. The third-order valence-electron chi connectivity index (χ3n) is 0. The minimum absolute atomic E-state index is 0. The van der Waals surface area contributed by atoms with Crippen LogP contribution in [-0.2, 0) is 19.5 Å². The molecule has 0 aliphatic carbocycles. The van der Waals surface area contributed by atoms with Crippen molar-refractivity contribution in [1.82, 2.24) is 0 Å². The van der Waals surface area contributed by atoms with Gasteiger partial charge in [0.15, 0.2) is 0 Å². The number of hydrogen-bond donors (Lipinski definition) is 2. The Labute approximate surface area is 341 Å². The molecule has 0 atom stereocenters. The number of halogens is 2. The van der Waals surface area contributed by atoms with Crippen molar-refractivity contribution >= 4 is 49.1 Å². The standard InChI is InChI=1S/2ClH.2K.Mg.4Na.2H3O4P.H2O4S/c;;;;;;;;;3*1-5(2,3)4/h2*1H;;;;;;;;2*(H3,1,2,3,4);(H2,1,2,3,4)/q;;2*+1;+2;4*+1;;;/p-8. The van der Waals surface area contributed by atoms with Gasteiger partial charge in [-0.3, -0.25) is 13.0 Å². The van der Waals surface area contributed by atoms with E-state index in [1.807, 2.05) is 0 Å². The van der Waals surface area contributed by atoms with Crippen LogP contribution in [0.3, 0.4) is 0 Å². The molecule has 0 aliphatic rings. The van der Waals surface area contributed by atoms with Gasteiger partial charge in [-0.1, -0.05) is 0 Å². The molecule has 0 aromatic heterocycles. The molecule has 112 valence electrons. The fourth-order valence-electron chi connectivity index (χ4n) is 0. The maximum atomic E-state index is 8.77. The molecule has 2 N–H and O–H groups in total. The van der Waals surface area contributed by atoms with E-state index < -0.39 is 26.0 Å². The predicted octanol–water partition coefficient (Wildman–Crippen LogP) is -30.1. The van der Waals surface area contributed by atoms with Gasteiger partial charge in [-0.25, -0.2) is 0 Å². The first kappa shape index (κ1) is 76.7. The molecule has 0 spiro atoms. The first-order chi connectivity index (χ1) is 6.00. The molecule has 0 aromatic rings. The molecule has 0 saturated heterocycles. The number of rotatable bonds is 0. The fourth-order valence-corrected chi connectivity index (χ4v) is 0. The van der Waals surface area contributed by atoms with Crippen molar-refractivity contribution < 1.29 is 302 Å². The minimum Gasteiger partial charge on any atom is -1.00 e. The van der Waals surface area contributed by atoms with E-state index in [2.05, 4.69) is 0 Å². The molecule has 0 fully saturated rings. The Bertz CT molecular complexity index is 318. The van der Waals surface area contributed by atoms with Crippen LogP contribution in [0.2, 0.25) is 0 Å². The van der Waals surface area contributed by atoms with Crippen molar-refractivity contribution in [2.75, 3.05) is 0 Å². The van der Waals surface area contributed by atoms with E-state index in [-0.39, 0.29) is 269 Å². The van der Waals surface area contributed by atoms with Crippen LogP contribution in [0.5, 0.6) is 0 Å². The second-order valence-electron chi connectivity index (χ2n) is 1.35. The summed E-state index contributed by atoms with van der Waals surface area (Å²) in [5, 5.41) is 0. The average Bonchev–Trinajstić information content (AvgIpc) is 1.41. The van der Waals surface area contributed by atoms with Crippen LogP contribution in [0.25, 0.3) is 0 Å². The summed E-state index contributed by atoms with van der Waals surface area (Å²) in [5.41, 5.74) is 0. The number of phosphoric acid groups is 2. The molecule has 0 aromatic carbocycles. The van der Waals surface area contributed by atoms with Gasteiger partial charge in [0.25, 0.3) is 7.82 Å². The maximum Gasteiger partial charge on any atom is 2.00 e. The van der Waals surface area contributed by atoms with Gasteiger partial charge in [0.05, 0.1) is 0 Å². The van der Waals surface area contributed by atoms with E-state index in [0.29, 0.717) is 0 Å². The fraction of sp³-hybridized carbons (Fsp3) is 0. The molecule has 0 heterocycles. The normalized spacial score (nSPS) is 7.33. The molecule has 24 heavy (non-hydrogen) atoms. The zero-order chi connectivity index (χ0) is 13.5. The van der Waals surface area contributed by atoms with E-state index in [9.17, 15) is 0 Å². The third kappa shape index (κ3) is 357. The summed E-state index contributed by atoms with van der Waals surface area (Å²) < 4.78 is 51.4. The summed E-state index contributed by atoms with van der Waals surface area (Å²) in [6.45, 7) is 0. The second-order valence-corrected chi connectivity index (χ2v) is 4.04. The van der Waals surface area contributed by atoms with Gasteiger partial charge in [0, 0.05) is 10.4 Å². The Morgan fingerprint density at radius 1 is 0.708 bits per heavy atom. The Morgan fingerprint density at radius 3 is 0.708 bits per heavy atom. The van der Waals surface area contributed by atoms with Crippen LogP contribution in [0.4, 0.5) is 0 Å². The van der Waals surface area contributed by atoms with Crippen LogP contribution in [0.1, 0.15) is 0 Å². The van der Waals surface area contributed by atoms with Crippen molar-refractivity contribution in [1.29, 1.82) is 0 Å². The van der Waals surface area contributed by atoms with Crippen molar-refractivity contribution in [3.05, 3.63) is 0 Å². The molecule has 24 heteroatoms. The van der Waals surface area contributed by atoms with E-state index in [1.165, 1.54) is 0 Å². The largest absolute Gasteiger partial charge is 2.00 e. The van der Waals surface area contributed by atoms with Gasteiger partial charge in [-0.2, -0.15) is 7.82 Å². The monoisotopic (exact) mass is 552 g/mol. The topological polar surface area (TPSA) is 247 Å². The summed E-state index contributed by atoms with van der Waals surface area (Å²) in [5.74, 6) is 0. The van der Waals surface area contributed by atoms with Crippen LogP contribution >= 0.6 is 15.6 Å². The van der Waals surface area contributed by atoms with Crippen molar-refractivity contribution in [3.8, 4) is 0 Å². The molecule has 0 amide bonds. The molecule has 0 aliphatic heterocycles. The Morgan fingerprint density at radius 2 is 0.708 bits per heavy atom. The first-order valence-electron chi connectivity index (χ1n) is 2.16. The minimum atomic E-state index is -5.39. The molecular weight excluding hydrogens is 551 g/mol. The summed E-state index contributed by atoms with van der Waals surface area (Å²) in [6, 6.07) is 0. The molecule has 12 nitrogen and oxygen atoms in total. The number of hydrogen-bond acceptors (Lipinski definition) is 10. The Balaban J connectivity index is -0.00000000758. The van der Waals surface area contributed by atoms with Crippen LogP contribution in [-0.4, -0.2) is 50.4 Å². The van der Waals surface area contributed by atoms with Gasteiger partial charge < -0.3 is 67.8 Å². The molecule has 0 saturated carbocycles. The zero-order valence-corrected chi connectivity index (χ0v) is 33.5. The second kappa shape index (κ2) is 41.9. The van der Waals surface area contributed by atoms with E-state index in [0.717, 1.165) is 0 Å². The van der Waals surface area contributed by atoms with Crippen molar-refractivity contribution in [2.24, 2.45) is 0 Å². The molecule has 0 rings (SSSR count). The summed E-state index contributed by atoms with van der Waals surface area (Å²) in [7, 11) is -15.4. The van der Waals surface area contributed by atoms with Gasteiger partial charge >= 0.3 is 244 Å². The summed E-state index contributed by atoms with van der Waals surface area (Å²) >= 11 is 0. The molecular formula is H2Cl2K2MgNa4O12P2S. The van der Waals surface area contributed by atoms with Gasteiger partial charge in [-0.05, 0) is 0 Å². The smallest absolute Gasteiger partial charge is 1.00 e. The van der Waals surface area contributed by atoms with Gasteiger partial charge in [0.1, 0.15) is 0 Å². The quantitative estimate of drug-likeness (QED) is 0.123. The van der Waals surface area contributed by atoms with E-state index in [4.69, 9.17) is 56.0 Å². The van der Waals surface area contributed by atoms with Gasteiger partial charge in [0.2, 0.25) is 0 Å². The van der Waals surface area contributed by atoms with E-state index in [1.54, 1.807) is 0 Å². The summed E-state index contributed by atoms with van der Waals surface area (Å²) in [6.07, 6.45) is 0. The molecule has 0 bridgehead atoms. The van der Waals surface area contributed by atoms with Crippen molar-refractivity contribution in [3.63, 3.8) is 0 Å². The summed E-state index contributed by atoms with van der Waals surface area (Å²) in [4.78, 5) is 48.6. The molecule has 0 unspecified atom stereocenters. The first-order valence-corrected chi connectivity index (χ1v) is 6.49. The van der Waals surface area contributed by atoms with Gasteiger partial charge in [-0.15, -0.1) is 0 Å². The predicted molar refractivity (Wildman–Crippen MR) is 35.9 cm³/mol. The van der Waals surface area contributed by atoms with Crippen LogP contribution in [0, 0.1) is 0 Å². The average molecular weight is 553 g/mol. The van der Waals surface area contributed by atoms with Crippen LogP contribution in [0.15, 0.2) is 0 Å². The Hall–Kier alpha value is 8.71. The van der Waals surface area contributed by atoms with Crippen LogP contribution < -0.4 is 265 Å². The maximum absolute atomic E-state index is 8.77. The zero-order valence-electron chi connectivity index (χ0n) is 13.7. The van der Waals surface area contributed by atoms with Crippen molar-refractivity contribution in [2.45, 2.75) is 0 Å².